The van der Waals surface area contributed by atoms with Crippen LogP contribution in [0.5, 0.6) is 0 Å². The van der Waals surface area contributed by atoms with Crippen LogP contribution in [0, 0.1) is 25.2 Å². The third-order valence-corrected chi connectivity index (χ3v) is 2.91. The molecule has 0 fully saturated rings. The summed E-state index contributed by atoms with van der Waals surface area (Å²) >= 11 is 0. The summed E-state index contributed by atoms with van der Waals surface area (Å²) in [6.45, 7) is 3.85. The van der Waals surface area contributed by atoms with Crippen LogP contribution in [-0.4, -0.2) is 17.0 Å². The Hall–Kier alpha value is -2.41. The SMILES string of the molecule is Cc1ncc(N(C)c2ccccc2C#N)nc1C. The fourth-order valence-electron chi connectivity index (χ4n) is 1.68. The van der Waals surface area contributed by atoms with Gasteiger partial charge in [0, 0.05) is 7.05 Å². The molecule has 0 amide bonds. The number of nitriles is 1. The van der Waals surface area contributed by atoms with Crippen molar-refractivity contribution >= 4 is 11.5 Å². The number of aryl methyl sites for hydroxylation is 2. The average Bonchev–Trinajstić information content (AvgIpc) is 2.41. The van der Waals surface area contributed by atoms with Gasteiger partial charge in [0.15, 0.2) is 5.82 Å². The number of nitrogens with zero attached hydrogens (tertiary/aromatic N) is 4. The Bertz CT molecular complexity index is 613. The first-order chi connectivity index (χ1) is 8.63. The lowest BCUT2D eigenvalue weighted by Crippen LogP contribution is -2.13. The molecular formula is C14H14N4. The molecule has 0 aliphatic heterocycles. The van der Waals surface area contributed by atoms with Gasteiger partial charge in [0.1, 0.15) is 6.07 Å². The molecule has 0 saturated heterocycles. The molecule has 0 aliphatic carbocycles. The summed E-state index contributed by atoms with van der Waals surface area (Å²) in [4.78, 5) is 10.6. The standard InChI is InChI=1S/C14H14N4/c1-10-11(2)17-14(9-16-10)18(3)13-7-5-4-6-12(13)8-15/h4-7,9H,1-3H3. The molecular weight excluding hydrogens is 224 g/mol. The van der Waals surface area contributed by atoms with Gasteiger partial charge in [-0.3, -0.25) is 4.98 Å². The van der Waals surface area contributed by atoms with Crippen LogP contribution in [0.15, 0.2) is 30.5 Å². The van der Waals surface area contributed by atoms with E-state index >= 15 is 0 Å². The van der Waals surface area contributed by atoms with E-state index < -0.39 is 0 Å². The minimum absolute atomic E-state index is 0.625. The predicted octanol–water partition coefficient (Wildman–Crippen LogP) is 2.73. The topological polar surface area (TPSA) is 52.8 Å². The maximum absolute atomic E-state index is 9.10. The Morgan fingerprint density at radius 3 is 2.56 bits per heavy atom. The number of para-hydroxylation sites is 1. The highest BCUT2D eigenvalue weighted by molar-refractivity contribution is 5.66. The first-order valence-electron chi connectivity index (χ1n) is 5.66. The molecule has 2 aromatic rings. The van der Waals surface area contributed by atoms with Crippen molar-refractivity contribution in [1.82, 2.24) is 9.97 Å². The van der Waals surface area contributed by atoms with Crippen molar-refractivity contribution in [3.63, 3.8) is 0 Å². The fourth-order valence-corrected chi connectivity index (χ4v) is 1.68. The number of hydrogen-bond acceptors (Lipinski definition) is 4. The molecule has 0 aliphatic rings. The number of hydrogen-bond donors (Lipinski definition) is 0. The summed E-state index contributed by atoms with van der Waals surface area (Å²) in [6, 6.07) is 9.63. The second-order valence-electron chi connectivity index (χ2n) is 4.09. The molecule has 1 aromatic carbocycles. The lowest BCUT2D eigenvalue weighted by molar-refractivity contribution is 1.00. The summed E-state index contributed by atoms with van der Waals surface area (Å²) in [7, 11) is 1.88. The van der Waals surface area contributed by atoms with Crippen LogP contribution < -0.4 is 4.90 Å². The molecule has 1 aromatic heterocycles. The highest BCUT2D eigenvalue weighted by Crippen LogP contribution is 2.24. The van der Waals surface area contributed by atoms with Gasteiger partial charge in [0.05, 0.1) is 28.8 Å². The van der Waals surface area contributed by atoms with Crippen LogP contribution >= 0.6 is 0 Å². The highest BCUT2D eigenvalue weighted by Gasteiger charge is 2.10. The van der Waals surface area contributed by atoms with Crippen LogP contribution in [-0.2, 0) is 0 Å². The zero-order chi connectivity index (χ0) is 13.1. The molecule has 0 saturated carbocycles. The van der Waals surface area contributed by atoms with E-state index in [2.05, 4.69) is 16.0 Å². The first kappa shape index (κ1) is 12.1. The smallest absolute Gasteiger partial charge is 0.151 e. The van der Waals surface area contributed by atoms with Crippen molar-refractivity contribution in [1.29, 1.82) is 5.26 Å². The van der Waals surface area contributed by atoms with E-state index in [1.165, 1.54) is 0 Å². The summed E-state index contributed by atoms with van der Waals surface area (Å²) in [5.74, 6) is 0.737. The Labute approximate surface area is 107 Å². The van der Waals surface area contributed by atoms with E-state index in [1.54, 1.807) is 12.3 Å². The number of aromatic nitrogens is 2. The van der Waals surface area contributed by atoms with E-state index in [0.717, 1.165) is 22.9 Å². The normalized spacial score (nSPS) is 9.89. The molecule has 0 bridgehead atoms. The van der Waals surface area contributed by atoms with Crippen LogP contribution in [0.2, 0.25) is 0 Å². The van der Waals surface area contributed by atoms with Crippen LogP contribution in [0.4, 0.5) is 11.5 Å². The van der Waals surface area contributed by atoms with Crippen molar-refractivity contribution in [2.75, 3.05) is 11.9 Å². The Balaban J connectivity index is 2.45. The summed E-state index contributed by atoms with van der Waals surface area (Å²) in [5.41, 5.74) is 3.27. The van der Waals surface area contributed by atoms with E-state index in [4.69, 9.17) is 5.26 Å². The van der Waals surface area contributed by atoms with Gasteiger partial charge < -0.3 is 4.90 Å². The Morgan fingerprint density at radius 2 is 1.89 bits per heavy atom. The minimum Gasteiger partial charge on any atom is -0.327 e. The second-order valence-corrected chi connectivity index (χ2v) is 4.09. The van der Waals surface area contributed by atoms with Gasteiger partial charge >= 0.3 is 0 Å². The van der Waals surface area contributed by atoms with Crippen molar-refractivity contribution in [3.8, 4) is 6.07 Å². The van der Waals surface area contributed by atoms with E-state index in [9.17, 15) is 0 Å². The monoisotopic (exact) mass is 238 g/mol. The van der Waals surface area contributed by atoms with Gasteiger partial charge in [-0.15, -0.1) is 0 Å². The summed E-state index contributed by atoms with van der Waals surface area (Å²) < 4.78 is 0. The van der Waals surface area contributed by atoms with E-state index in [0.29, 0.717) is 5.56 Å². The molecule has 1 heterocycles. The molecule has 0 N–H and O–H groups in total. The average molecular weight is 238 g/mol. The quantitative estimate of drug-likeness (QED) is 0.807. The molecule has 0 atom stereocenters. The van der Waals surface area contributed by atoms with E-state index in [-0.39, 0.29) is 0 Å². The number of benzene rings is 1. The zero-order valence-electron chi connectivity index (χ0n) is 10.7. The molecule has 0 spiro atoms. The highest BCUT2D eigenvalue weighted by atomic mass is 15.2. The Morgan fingerprint density at radius 1 is 1.17 bits per heavy atom. The van der Waals surface area contributed by atoms with Gasteiger partial charge in [-0.05, 0) is 26.0 Å². The predicted molar refractivity (Wildman–Crippen MR) is 70.7 cm³/mol. The Kier molecular flexibility index (Phi) is 3.24. The molecule has 4 heteroatoms. The lowest BCUT2D eigenvalue weighted by atomic mass is 10.2. The lowest BCUT2D eigenvalue weighted by Gasteiger charge is -2.19. The fraction of sp³-hybridized carbons (Fsp3) is 0.214. The van der Waals surface area contributed by atoms with Crippen LogP contribution in [0.25, 0.3) is 0 Å². The molecule has 0 unspecified atom stereocenters. The molecule has 90 valence electrons. The third-order valence-electron chi connectivity index (χ3n) is 2.91. The molecule has 4 nitrogen and oxygen atoms in total. The summed E-state index contributed by atoms with van der Waals surface area (Å²) in [6.07, 6.45) is 1.72. The van der Waals surface area contributed by atoms with Crippen molar-refractivity contribution in [2.24, 2.45) is 0 Å². The maximum Gasteiger partial charge on any atom is 0.151 e. The largest absolute Gasteiger partial charge is 0.327 e. The second kappa shape index (κ2) is 4.84. The molecule has 0 radical (unpaired) electrons. The van der Waals surface area contributed by atoms with Gasteiger partial charge in [-0.2, -0.15) is 5.26 Å². The van der Waals surface area contributed by atoms with Gasteiger partial charge in [-0.25, -0.2) is 4.98 Å². The van der Waals surface area contributed by atoms with Crippen molar-refractivity contribution < 1.29 is 0 Å². The van der Waals surface area contributed by atoms with Crippen LogP contribution in [0.1, 0.15) is 17.0 Å². The van der Waals surface area contributed by atoms with Gasteiger partial charge in [0.25, 0.3) is 0 Å². The number of rotatable bonds is 2. The van der Waals surface area contributed by atoms with Gasteiger partial charge in [0.2, 0.25) is 0 Å². The molecule has 18 heavy (non-hydrogen) atoms. The van der Waals surface area contributed by atoms with Crippen molar-refractivity contribution in [3.05, 3.63) is 47.4 Å². The first-order valence-corrected chi connectivity index (χ1v) is 5.66. The molecule has 2 rings (SSSR count). The maximum atomic E-state index is 9.10. The summed E-state index contributed by atoms with van der Waals surface area (Å²) in [5, 5.41) is 9.10. The van der Waals surface area contributed by atoms with Gasteiger partial charge in [-0.1, -0.05) is 12.1 Å². The zero-order valence-corrected chi connectivity index (χ0v) is 10.7. The minimum atomic E-state index is 0.625. The third kappa shape index (κ3) is 2.16. The van der Waals surface area contributed by atoms with Crippen LogP contribution in [0.3, 0.4) is 0 Å². The number of anilines is 2. The van der Waals surface area contributed by atoms with Crippen molar-refractivity contribution in [2.45, 2.75) is 13.8 Å². The van der Waals surface area contributed by atoms with E-state index in [1.807, 2.05) is 44.0 Å².